The van der Waals surface area contributed by atoms with Gasteiger partial charge in [0.2, 0.25) is 0 Å². The molecule has 1 aromatic heterocycles. The smallest absolute Gasteiger partial charge is 0.258 e. The van der Waals surface area contributed by atoms with Crippen LogP contribution in [-0.4, -0.2) is 23.6 Å². The molecule has 0 aliphatic heterocycles. The molecule has 4 nitrogen and oxygen atoms in total. The Balaban J connectivity index is 2.42. The molecule has 0 aliphatic carbocycles. The van der Waals surface area contributed by atoms with Crippen molar-refractivity contribution < 1.29 is 9.53 Å². The summed E-state index contributed by atoms with van der Waals surface area (Å²) in [4.78, 5) is 25.2. The van der Waals surface area contributed by atoms with Gasteiger partial charge in [0.05, 0.1) is 18.6 Å². The van der Waals surface area contributed by atoms with E-state index >= 15 is 0 Å². The summed E-state index contributed by atoms with van der Waals surface area (Å²) in [6.45, 7) is 10.3. The van der Waals surface area contributed by atoms with Crippen molar-refractivity contribution in [2.24, 2.45) is 7.05 Å². The van der Waals surface area contributed by atoms with E-state index in [-0.39, 0.29) is 18.3 Å². The Kier molecular flexibility index (Phi) is 6.04. The number of fused-ring (bicyclic) bond motifs is 1. The normalized spacial score (nSPS) is 12.5. The van der Waals surface area contributed by atoms with E-state index in [1.165, 1.54) is 11.1 Å². The van der Waals surface area contributed by atoms with Crippen LogP contribution in [0.5, 0.6) is 0 Å². The van der Waals surface area contributed by atoms with Crippen molar-refractivity contribution in [3.8, 4) is 11.1 Å². The lowest BCUT2D eigenvalue weighted by atomic mass is 9.89. The van der Waals surface area contributed by atoms with Crippen LogP contribution in [0.15, 0.2) is 41.2 Å². The van der Waals surface area contributed by atoms with Gasteiger partial charge in [0.15, 0.2) is 0 Å². The van der Waals surface area contributed by atoms with Crippen molar-refractivity contribution >= 4 is 17.1 Å². The van der Waals surface area contributed by atoms with E-state index in [0.29, 0.717) is 11.1 Å². The predicted octanol–water partition coefficient (Wildman–Crippen LogP) is 4.84. The SMILES string of the molecule is Cc1ccc2c(=O)n(C)c(C(C=O)COC(C)C)c(-c3ccc(C)c(C)c3)c2c1. The monoisotopic (exact) mass is 391 g/mol. The largest absolute Gasteiger partial charge is 0.378 e. The molecule has 29 heavy (non-hydrogen) atoms. The zero-order valence-corrected chi connectivity index (χ0v) is 18.1. The molecule has 0 fully saturated rings. The summed E-state index contributed by atoms with van der Waals surface area (Å²) >= 11 is 0. The van der Waals surface area contributed by atoms with Crippen LogP contribution < -0.4 is 5.56 Å². The molecule has 3 aromatic rings. The number of aryl methyl sites for hydroxylation is 3. The molecule has 0 bridgehead atoms. The fourth-order valence-electron chi connectivity index (χ4n) is 3.76. The molecule has 152 valence electrons. The highest BCUT2D eigenvalue weighted by molar-refractivity contribution is 5.99. The lowest BCUT2D eigenvalue weighted by Gasteiger charge is -2.23. The number of ether oxygens (including phenoxy) is 1. The van der Waals surface area contributed by atoms with E-state index in [4.69, 9.17) is 4.74 Å². The molecular weight excluding hydrogens is 362 g/mol. The Morgan fingerprint density at radius 1 is 1.00 bits per heavy atom. The average Bonchev–Trinajstić information content (AvgIpc) is 2.68. The minimum Gasteiger partial charge on any atom is -0.378 e. The summed E-state index contributed by atoms with van der Waals surface area (Å²) in [6.07, 6.45) is 0.894. The molecule has 1 atom stereocenters. The van der Waals surface area contributed by atoms with Gasteiger partial charge in [-0.15, -0.1) is 0 Å². The Hall–Kier alpha value is -2.72. The van der Waals surface area contributed by atoms with Gasteiger partial charge in [0.25, 0.3) is 5.56 Å². The number of carbonyl (C=O) groups is 1. The van der Waals surface area contributed by atoms with Gasteiger partial charge < -0.3 is 14.1 Å². The lowest BCUT2D eigenvalue weighted by molar-refractivity contribution is -0.110. The van der Waals surface area contributed by atoms with Crippen LogP contribution in [0, 0.1) is 20.8 Å². The zero-order chi connectivity index (χ0) is 21.3. The third-order valence-corrected chi connectivity index (χ3v) is 5.52. The Morgan fingerprint density at radius 3 is 2.34 bits per heavy atom. The second kappa shape index (κ2) is 8.34. The summed E-state index contributed by atoms with van der Waals surface area (Å²) in [7, 11) is 1.74. The van der Waals surface area contributed by atoms with Crippen molar-refractivity contribution in [2.75, 3.05) is 6.61 Å². The third kappa shape index (κ3) is 4.03. The maximum atomic E-state index is 13.1. The fraction of sp³-hybridized carbons (Fsp3) is 0.360. The molecule has 0 saturated carbocycles. The molecule has 0 amide bonds. The lowest BCUT2D eigenvalue weighted by Crippen LogP contribution is -2.27. The molecule has 4 heteroatoms. The van der Waals surface area contributed by atoms with E-state index in [2.05, 4.69) is 32.0 Å². The van der Waals surface area contributed by atoms with Crippen LogP contribution in [0.2, 0.25) is 0 Å². The number of hydrogen-bond acceptors (Lipinski definition) is 3. The number of nitrogens with zero attached hydrogens (tertiary/aromatic N) is 1. The molecule has 0 spiro atoms. The van der Waals surface area contributed by atoms with Gasteiger partial charge in [-0.05, 0) is 62.8 Å². The molecule has 2 aromatic carbocycles. The van der Waals surface area contributed by atoms with Crippen molar-refractivity contribution in [1.29, 1.82) is 0 Å². The number of carbonyl (C=O) groups excluding carboxylic acids is 1. The van der Waals surface area contributed by atoms with Crippen molar-refractivity contribution in [1.82, 2.24) is 4.57 Å². The molecule has 0 aliphatic rings. The highest BCUT2D eigenvalue weighted by Gasteiger charge is 2.24. The van der Waals surface area contributed by atoms with Gasteiger partial charge in [-0.1, -0.05) is 35.9 Å². The highest BCUT2D eigenvalue weighted by Crippen LogP contribution is 2.35. The summed E-state index contributed by atoms with van der Waals surface area (Å²) in [6, 6.07) is 12.1. The number of benzene rings is 2. The van der Waals surface area contributed by atoms with Crippen LogP contribution in [0.4, 0.5) is 0 Å². The molecule has 0 N–H and O–H groups in total. The van der Waals surface area contributed by atoms with E-state index in [1.54, 1.807) is 11.6 Å². The van der Waals surface area contributed by atoms with Crippen LogP contribution >= 0.6 is 0 Å². The first-order valence-electron chi connectivity index (χ1n) is 10.0. The standard InChI is InChI=1S/C25H29NO3/c1-15(2)29-14-20(13-27)24-23(19-9-8-17(4)18(5)12-19)22-11-16(3)7-10-21(22)25(28)26(24)6/h7-13,15,20H,14H2,1-6H3. The van der Waals surface area contributed by atoms with Crippen molar-refractivity contribution in [3.63, 3.8) is 0 Å². The summed E-state index contributed by atoms with van der Waals surface area (Å²) < 4.78 is 7.38. The minimum atomic E-state index is -0.531. The highest BCUT2D eigenvalue weighted by atomic mass is 16.5. The van der Waals surface area contributed by atoms with E-state index in [0.717, 1.165) is 28.4 Å². The first-order chi connectivity index (χ1) is 13.7. The fourth-order valence-corrected chi connectivity index (χ4v) is 3.76. The molecule has 0 saturated heterocycles. The molecule has 3 rings (SSSR count). The maximum absolute atomic E-state index is 13.1. The van der Waals surface area contributed by atoms with Crippen LogP contribution in [0.25, 0.3) is 21.9 Å². The molecular formula is C25H29NO3. The molecule has 1 unspecified atom stereocenters. The minimum absolute atomic E-state index is 0.00208. The van der Waals surface area contributed by atoms with Crippen LogP contribution in [-0.2, 0) is 16.6 Å². The van der Waals surface area contributed by atoms with Crippen LogP contribution in [0.3, 0.4) is 0 Å². The number of rotatable bonds is 6. The van der Waals surface area contributed by atoms with Gasteiger partial charge in [-0.25, -0.2) is 0 Å². The maximum Gasteiger partial charge on any atom is 0.258 e. The van der Waals surface area contributed by atoms with Gasteiger partial charge >= 0.3 is 0 Å². The van der Waals surface area contributed by atoms with Gasteiger partial charge in [0.1, 0.15) is 6.29 Å². The quantitative estimate of drug-likeness (QED) is 0.565. The first-order valence-corrected chi connectivity index (χ1v) is 10.0. The topological polar surface area (TPSA) is 48.3 Å². The number of aromatic nitrogens is 1. The van der Waals surface area contributed by atoms with E-state index in [9.17, 15) is 9.59 Å². The second-order valence-electron chi connectivity index (χ2n) is 8.10. The third-order valence-electron chi connectivity index (χ3n) is 5.52. The average molecular weight is 392 g/mol. The van der Waals surface area contributed by atoms with Crippen LogP contribution in [0.1, 0.15) is 42.1 Å². The van der Waals surface area contributed by atoms with Crippen molar-refractivity contribution in [2.45, 2.75) is 46.6 Å². The molecule has 1 heterocycles. The summed E-state index contributed by atoms with van der Waals surface area (Å²) in [5.74, 6) is -0.531. The Labute approximate surface area is 172 Å². The van der Waals surface area contributed by atoms with E-state index < -0.39 is 5.92 Å². The Morgan fingerprint density at radius 2 is 1.72 bits per heavy atom. The number of pyridine rings is 1. The van der Waals surface area contributed by atoms with E-state index in [1.807, 2.05) is 39.0 Å². The van der Waals surface area contributed by atoms with Gasteiger partial charge in [-0.2, -0.15) is 0 Å². The zero-order valence-electron chi connectivity index (χ0n) is 18.1. The van der Waals surface area contributed by atoms with Gasteiger partial charge in [0, 0.05) is 23.7 Å². The number of hydrogen-bond donors (Lipinski definition) is 0. The summed E-state index contributed by atoms with van der Waals surface area (Å²) in [5, 5.41) is 1.53. The predicted molar refractivity (Wildman–Crippen MR) is 119 cm³/mol. The summed E-state index contributed by atoms with van der Waals surface area (Å²) in [5.41, 5.74) is 5.98. The van der Waals surface area contributed by atoms with Gasteiger partial charge in [-0.3, -0.25) is 4.79 Å². The first kappa shape index (κ1) is 21.0. The molecule has 0 radical (unpaired) electrons. The number of aldehydes is 1. The van der Waals surface area contributed by atoms with Crippen molar-refractivity contribution in [3.05, 3.63) is 69.1 Å². The second-order valence-corrected chi connectivity index (χ2v) is 8.10. The Bertz CT molecular complexity index is 1130.